The Hall–Kier alpha value is -10.4. The number of hydrogen-bond acceptors (Lipinski definition) is 8. The molecule has 1 N–H and O–H groups in total. The van der Waals surface area contributed by atoms with Crippen molar-refractivity contribution in [3.63, 3.8) is 0 Å². The molecule has 0 spiro atoms. The molecular weight excluding hydrogens is 1110 g/mol. The molecule has 85 heavy (non-hydrogen) atoms. The van der Waals surface area contributed by atoms with E-state index in [1.54, 1.807) is 18.3 Å². The molecule has 0 amide bonds. The maximum absolute atomic E-state index is 9.79. The SMILES string of the molecule is CC1(C)c2ccccc2N(c2ccccn2)c2cc(Br)ccc21.CC1(C)c2ccccc2N(c2ccccn2)c2cc(Oc3ccc4c5ccccc5n(-c5ccccn5)c4c3)ccc21.Oc1ccc2c3ccccc3n(-c3ccccn3)c2c1. The lowest BCUT2D eigenvalue weighted by atomic mass is 9.73. The first kappa shape index (κ1) is 52.7. The minimum Gasteiger partial charge on any atom is -0.508 e. The summed E-state index contributed by atoms with van der Waals surface area (Å²) in [7, 11) is 0. The van der Waals surface area contributed by atoms with E-state index in [1.807, 2.05) is 104 Å². The van der Waals surface area contributed by atoms with Crippen LogP contribution < -0.4 is 14.5 Å². The number of ether oxygens (including phenoxy) is 1. The average molecular weight is 1170 g/mol. The summed E-state index contributed by atoms with van der Waals surface area (Å²) in [4.78, 5) is 22.9. The lowest BCUT2D eigenvalue weighted by molar-refractivity contribution is 0.476. The number of rotatable bonds is 6. The first-order valence-corrected chi connectivity index (χ1v) is 29.1. The number of anilines is 6. The smallest absolute Gasteiger partial charge is 0.137 e. The molecule has 0 fully saturated rings. The first-order chi connectivity index (χ1) is 41.5. The standard InChI is InChI=1S/C37H28N4O.C20H17BrN2.C17H12N2O/c1-37(2)29-12-4-6-14-32(29)41(36-16-8-10-22-39-36)34-24-26(18-20-30(34)37)42-25-17-19-28-27-11-3-5-13-31(27)40(33(28)23-25)35-15-7-9-21-38-35;1-20(2)15-7-3-4-8-17(15)23(19-9-5-6-12-22-19)18-13-14(21)10-11-16(18)20;20-12-8-9-14-13-5-1-2-6-15(13)19(16(14)11-12)17-7-3-4-10-18-17/h3-24H,1-2H3;3-13H,1-2H3;1-11,20H. The highest BCUT2D eigenvalue weighted by molar-refractivity contribution is 9.10. The molecule has 0 saturated carbocycles. The monoisotopic (exact) mass is 1170 g/mol. The van der Waals surface area contributed by atoms with Gasteiger partial charge in [-0.2, -0.15) is 0 Å². The van der Waals surface area contributed by atoms with Crippen LogP contribution in [0.2, 0.25) is 0 Å². The van der Waals surface area contributed by atoms with Crippen LogP contribution in [0.3, 0.4) is 0 Å². The van der Waals surface area contributed by atoms with Crippen LogP contribution in [-0.2, 0) is 10.8 Å². The van der Waals surface area contributed by atoms with Crippen molar-refractivity contribution in [2.24, 2.45) is 0 Å². The molecule has 0 atom stereocenters. The Labute approximate surface area is 501 Å². The number of benzene rings is 8. The van der Waals surface area contributed by atoms with Crippen LogP contribution in [0.4, 0.5) is 34.4 Å². The van der Waals surface area contributed by atoms with E-state index >= 15 is 0 Å². The molecular formula is C74H57BrN8O2. The molecule has 10 nitrogen and oxygen atoms in total. The summed E-state index contributed by atoms with van der Waals surface area (Å²) in [5, 5.41) is 14.4. The number of aromatic nitrogens is 6. The number of para-hydroxylation sites is 4. The van der Waals surface area contributed by atoms with Gasteiger partial charge in [0.25, 0.3) is 0 Å². The molecule has 412 valence electrons. The van der Waals surface area contributed by atoms with E-state index in [0.717, 1.165) is 88.8 Å². The number of phenolic OH excluding ortho intramolecular Hbond substituents is 1. The Morgan fingerprint density at radius 1 is 0.341 bits per heavy atom. The van der Waals surface area contributed by atoms with Crippen molar-refractivity contribution in [1.82, 2.24) is 29.1 Å². The van der Waals surface area contributed by atoms with Crippen LogP contribution in [0.15, 0.2) is 272 Å². The number of nitrogens with zero attached hydrogens (tertiary/aromatic N) is 8. The highest BCUT2D eigenvalue weighted by Gasteiger charge is 2.39. The summed E-state index contributed by atoms with van der Waals surface area (Å²) in [5.41, 5.74) is 13.7. The van der Waals surface area contributed by atoms with Crippen molar-refractivity contribution in [3.8, 4) is 28.9 Å². The van der Waals surface area contributed by atoms with Crippen LogP contribution in [-0.4, -0.2) is 34.2 Å². The van der Waals surface area contributed by atoms with Gasteiger partial charge < -0.3 is 9.84 Å². The average Bonchev–Trinajstić information content (AvgIpc) is 2.16. The molecule has 0 radical (unpaired) electrons. The predicted molar refractivity (Wildman–Crippen MR) is 349 cm³/mol. The van der Waals surface area contributed by atoms with Gasteiger partial charge in [-0.05, 0) is 138 Å². The van der Waals surface area contributed by atoms with E-state index in [1.165, 1.54) is 39.0 Å². The Morgan fingerprint density at radius 3 is 1.25 bits per heavy atom. The highest BCUT2D eigenvalue weighted by Crippen LogP contribution is 2.54. The minimum atomic E-state index is -0.182. The van der Waals surface area contributed by atoms with Gasteiger partial charge in [0.15, 0.2) is 0 Å². The van der Waals surface area contributed by atoms with Gasteiger partial charge in [0.05, 0.1) is 44.8 Å². The Kier molecular flexibility index (Phi) is 13.3. The zero-order valence-electron chi connectivity index (χ0n) is 47.2. The summed E-state index contributed by atoms with van der Waals surface area (Å²) < 4.78 is 12.0. The third-order valence-electron chi connectivity index (χ3n) is 16.4. The molecule has 6 aromatic heterocycles. The van der Waals surface area contributed by atoms with Gasteiger partial charge in [-0.15, -0.1) is 0 Å². The van der Waals surface area contributed by atoms with Crippen LogP contribution in [0.5, 0.6) is 17.2 Å². The van der Waals surface area contributed by atoms with Crippen molar-refractivity contribution < 1.29 is 9.84 Å². The van der Waals surface area contributed by atoms with E-state index in [9.17, 15) is 5.11 Å². The van der Waals surface area contributed by atoms with Gasteiger partial charge in [0, 0.05) is 79.8 Å². The number of pyridine rings is 4. The molecule has 14 aromatic rings. The fraction of sp³-hybridized carbons (Fsp3) is 0.0811. The second kappa shape index (κ2) is 21.4. The van der Waals surface area contributed by atoms with Gasteiger partial charge in [0.2, 0.25) is 0 Å². The molecule has 0 bridgehead atoms. The van der Waals surface area contributed by atoms with E-state index < -0.39 is 0 Å². The molecule has 0 aliphatic carbocycles. The Morgan fingerprint density at radius 2 is 0.729 bits per heavy atom. The lowest BCUT2D eigenvalue weighted by Gasteiger charge is -2.41. The molecule has 16 rings (SSSR count). The molecule has 8 aromatic carbocycles. The summed E-state index contributed by atoms with van der Waals surface area (Å²) in [6, 6.07) is 82.4. The zero-order valence-corrected chi connectivity index (χ0v) is 48.8. The van der Waals surface area contributed by atoms with Crippen molar-refractivity contribution in [2.45, 2.75) is 38.5 Å². The van der Waals surface area contributed by atoms with E-state index in [4.69, 9.17) is 9.72 Å². The molecule has 0 saturated heterocycles. The number of aromatic hydroxyl groups is 1. The summed E-state index contributed by atoms with van der Waals surface area (Å²) in [6.45, 7) is 9.14. The maximum atomic E-state index is 9.79. The van der Waals surface area contributed by atoms with Crippen LogP contribution in [0.1, 0.15) is 49.9 Å². The third-order valence-corrected chi connectivity index (χ3v) is 16.9. The molecule has 11 heteroatoms. The lowest BCUT2D eigenvalue weighted by Crippen LogP contribution is -2.30. The van der Waals surface area contributed by atoms with Gasteiger partial charge in [0.1, 0.15) is 40.5 Å². The summed E-state index contributed by atoms with van der Waals surface area (Å²) in [5.74, 6) is 5.34. The Bertz CT molecular complexity index is 4800. The van der Waals surface area contributed by atoms with E-state index in [-0.39, 0.29) is 16.6 Å². The molecule has 2 aliphatic rings. The largest absolute Gasteiger partial charge is 0.508 e. The van der Waals surface area contributed by atoms with Crippen LogP contribution in [0, 0.1) is 0 Å². The van der Waals surface area contributed by atoms with E-state index in [0.29, 0.717) is 0 Å². The van der Waals surface area contributed by atoms with Gasteiger partial charge in [-0.25, -0.2) is 19.9 Å². The first-order valence-electron chi connectivity index (χ1n) is 28.3. The van der Waals surface area contributed by atoms with E-state index in [2.05, 4.69) is 223 Å². The highest BCUT2D eigenvalue weighted by atomic mass is 79.9. The van der Waals surface area contributed by atoms with Gasteiger partial charge in [-0.1, -0.05) is 153 Å². The topological polar surface area (TPSA) is 97.4 Å². The van der Waals surface area contributed by atoms with Crippen molar-refractivity contribution in [3.05, 3.63) is 294 Å². The van der Waals surface area contributed by atoms with Crippen molar-refractivity contribution in [1.29, 1.82) is 0 Å². The fourth-order valence-corrected chi connectivity index (χ4v) is 12.8. The fourth-order valence-electron chi connectivity index (χ4n) is 12.5. The van der Waals surface area contributed by atoms with Gasteiger partial charge >= 0.3 is 0 Å². The third kappa shape index (κ3) is 9.30. The second-order valence-corrected chi connectivity index (χ2v) is 23.2. The summed E-state index contributed by atoms with van der Waals surface area (Å²) >= 11 is 3.62. The predicted octanol–water partition coefficient (Wildman–Crippen LogP) is 19.3. The zero-order chi connectivity index (χ0) is 57.8. The van der Waals surface area contributed by atoms with Crippen molar-refractivity contribution >= 4 is 93.9 Å². The number of phenols is 1. The maximum Gasteiger partial charge on any atom is 0.137 e. The number of halogens is 1. The minimum absolute atomic E-state index is 0.0437. The number of fused-ring (bicyclic) bond motifs is 10. The van der Waals surface area contributed by atoms with Crippen LogP contribution >= 0.6 is 15.9 Å². The normalized spacial score (nSPS) is 13.4. The second-order valence-electron chi connectivity index (χ2n) is 22.2. The van der Waals surface area contributed by atoms with Crippen molar-refractivity contribution in [2.75, 3.05) is 9.80 Å². The summed E-state index contributed by atoms with van der Waals surface area (Å²) in [6.07, 6.45) is 7.29. The van der Waals surface area contributed by atoms with Crippen LogP contribution in [0.25, 0.3) is 55.2 Å². The molecule has 8 heterocycles. The molecule has 2 aliphatic heterocycles. The molecule has 0 unspecified atom stereocenters. The Balaban J connectivity index is 0.000000125. The quantitative estimate of drug-likeness (QED) is 0.176. The number of hydrogen-bond donors (Lipinski definition) is 1. The van der Waals surface area contributed by atoms with Gasteiger partial charge in [-0.3, -0.25) is 18.9 Å².